The monoisotopic (exact) mass is 320 g/mol. The van der Waals surface area contributed by atoms with Crippen LogP contribution in [0.15, 0.2) is 30.3 Å². The van der Waals surface area contributed by atoms with Gasteiger partial charge in [0, 0.05) is 6.42 Å². The van der Waals surface area contributed by atoms with E-state index >= 15 is 0 Å². The molecule has 0 saturated heterocycles. The van der Waals surface area contributed by atoms with E-state index in [4.69, 9.17) is 9.47 Å². The molecule has 1 atom stereocenters. The van der Waals surface area contributed by atoms with Crippen LogP contribution < -0.4 is 0 Å². The van der Waals surface area contributed by atoms with E-state index in [9.17, 15) is 14.4 Å². The second kappa shape index (κ2) is 9.08. The summed E-state index contributed by atoms with van der Waals surface area (Å²) in [6.45, 7) is 5.17. The van der Waals surface area contributed by atoms with E-state index in [-0.39, 0.29) is 31.8 Å². The Kier molecular flexibility index (Phi) is 7.45. The highest BCUT2D eigenvalue weighted by Gasteiger charge is 2.43. The molecule has 1 aromatic carbocycles. The largest absolute Gasteiger partial charge is 0.465 e. The quantitative estimate of drug-likeness (QED) is 0.516. The molecule has 126 valence electrons. The molecule has 0 fully saturated rings. The molecule has 0 radical (unpaired) electrons. The predicted octanol–water partition coefficient (Wildman–Crippen LogP) is 3.06. The number of ketones is 1. The van der Waals surface area contributed by atoms with E-state index in [1.54, 1.807) is 13.8 Å². The molecule has 23 heavy (non-hydrogen) atoms. The lowest BCUT2D eigenvalue weighted by Gasteiger charge is -2.27. The molecule has 0 aliphatic carbocycles. The molecular weight excluding hydrogens is 296 g/mol. The maximum atomic E-state index is 12.1. The van der Waals surface area contributed by atoms with Gasteiger partial charge in [0.15, 0.2) is 0 Å². The minimum Gasteiger partial charge on any atom is -0.465 e. The fraction of sp³-hybridized carbons (Fsp3) is 0.500. The summed E-state index contributed by atoms with van der Waals surface area (Å²) in [4.78, 5) is 36.0. The summed E-state index contributed by atoms with van der Waals surface area (Å²) < 4.78 is 10.2. The molecule has 1 aromatic rings. The molecule has 0 aromatic heterocycles. The molecule has 0 N–H and O–H groups in total. The van der Waals surface area contributed by atoms with Crippen molar-refractivity contribution in [2.75, 3.05) is 6.61 Å². The fourth-order valence-electron chi connectivity index (χ4n) is 2.39. The van der Waals surface area contributed by atoms with Crippen molar-refractivity contribution in [2.24, 2.45) is 5.41 Å². The van der Waals surface area contributed by atoms with Crippen molar-refractivity contribution >= 4 is 17.7 Å². The van der Waals surface area contributed by atoms with Crippen LogP contribution in [0.2, 0.25) is 0 Å². The van der Waals surface area contributed by atoms with Crippen molar-refractivity contribution in [1.29, 1.82) is 0 Å². The number of benzene rings is 1. The summed E-state index contributed by atoms with van der Waals surface area (Å²) in [7, 11) is 0. The zero-order valence-corrected chi connectivity index (χ0v) is 14.0. The molecule has 0 bridgehead atoms. The van der Waals surface area contributed by atoms with Gasteiger partial charge in [-0.2, -0.15) is 0 Å². The second-order valence-corrected chi connectivity index (χ2v) is 5.36. The fourth-order valence-corrected chi connectivity index (χ4v) is 2.39. The first-order valence-electron chi connectivity index (χ1n) is 7.84. The minimum absolute atomic E-state index is 0.000925. The maximum Gasteiger partial charge on any atom is 0.319 e. The lowest BCUT2D eigenvalue weighted by Crippen LogP contribution is -2.39. The minimum atomic E-state index is -1.26. The van der Waals surface area contributed by atoms with Crippen molar-refractivity contribution in [3.8, 4) is 0 Å². The van der Waals surface area contributed by atoms with Crippen LogP contribution in [0.1, 0.15) is 45.6 Å². The van der Waals surface area contributed by atoms with E-state index in [2.05, 4.69) is 0 Å². The van der Waals surface area contributed by atoms with Gasteiger partial charge in [-0.3, -0.25) is 14.4 Å². The highest BCUT2D eigenvalue weighted by Crippen LogP contribution is 2.31. The average Bonchev–Trinajstić information content (AvgIpc) is 2.55. The van der Waals surface area contributed by atoms with E-state index < -0.39 is 17.4 Å². The molecule has 0 aliphatic heterocycles. The van der Waals surface area contributed by atoms with Crippen molar-refractivity contribution in [1.82, 2.24) is 0 Å². The van der Waals surface area contributed by atoms with Crippen LogP contribution in [0, 0.1) is 5.41 Å². The predicted molar refractivity (Wildman–Crippen MR) is 85.5 cm³/mol. The highest BCUT2D eigenvalue weighted by molar-refractivity contribution is 6.02. The van der Waals surface area contributed by atoms with Crippen molar-refractivity contribution in [3.63, 3.8) is 0 Å². The molecule has 0 heterocycles. The van der Waals surface area contributed by atoms with Gasteiger partial charge >= 0.3 is 11.9 Å². The van der Waals surface area contributed by atoms with E-state index in [1.807, 2.05) is 30.3 Å². The van der Waals surface area contributed by atoms with Gasteiger partial charge in [-0.25, -0.2) is 0 Å². The molecule has 1 rings (SSSR count). The second-order valence-electron chi connectivity index (χ2n) is 5.36. The molecular formula is C18H24O5. The van der Waals surface area contributed by atoms with Gasteiger partial charge in [-0.05, 0) is 32.3 Å². The van der Waals surface area contributed by atoms with Gasteiger partial charge in [0.05, 0.1) is 6.61 Å². The smallest absolute Gasteiger partial charge is 0.319 e. The molecule has 1 unspecified atom stereocenters. The Morgan fingerprint density at radius 2 is 1.70 bits per heavy atom. The topological polar surface area (TPSA) is 69.7 Å². The summed E-state index contributed by atoms with van der Waals surface area (Å²) in [5, 5.41) is 0. The SMILES string of the molecule is CCOC(=O)C(CC)(CCC(=O)OCc1ccccc1)C(C)=O. The average molecular weight is 320 g/mol. The van der Waals surface area contributed by atoms with Crippen molar-refractivity contribution in [3.05, 3.63) is 35.9 Å². The Balaban J connectivity index is 2.61. The third-order valence-electron chi connectivity index (χ3n) is 3.94. The zero-order valence-electron chi connectivity index (χ0n) is 14.0. The zero-order chi connectivity index (χ0) is 17.3. The Hall–Kier alpha value is -2.17. The molecule has 5 nitrogen and oxygen atoms in total. The van der Waals surface area contributed by atoms with Crippen LogP contribution in [-0.2, 0) is 30.5 Å². The number of Topliss-reactive ketones (excluding diaryl/α,β-unsaturated/α-hetero) is 1. The first-order chi connectivity index (χ1) is 11.0. The molecule has 0 saturated carbocycles. The highest BCUT2D eigenvalue weighted by atomic mass is 16.5. The number of esters is 2. The summed E-state index contributed by atoms with van der Waals surface area (Å²) >= 11 is 0. The Morgan fingerprint density at radius 3 is 2.22 bits per heavy atom. The van der Waals surface area contributed by atoms with Crippen molar-refractivity contribution in [2.45, 2.75) is 46.6 Å². The Labute approximate surface area is 137 Å². The third-order valence-corrected chi connectivity index (χ3v) is 3.94. The molecule has 0 spiro atoms. The summed E-state index contributed by atoms with van der Waals surface area (Å²) in [6, 6.07) is 9.33. The maximum absolute atomic E-state index is 12.1. The van der Waals surface area contributed by atoms with Gasteiger partial charge in [0.25, 0.3) is 0 Å². The lowest BCUT2D eigenvalue weighted by atomic mass is 9.77. The van der Waals surface area contributed by atoms with Crippen LogP contribution >= 0.6 is 0 Å². The number of carbonyl (C=O) groups excluding carboxylic acids is 3. The normalized spacial score (nSPS) is 13.0. The van der Waals surface area contributed by atoms with E-state index in [0.29, 0.717) is 6.42 Å². The number of hydrogen-bond acceptors (Lipinski definition) is 5. The van der Waals surface area contributed by atoms with Gasteiger partial charge in [0.1, 0.15) is 17.8 Å². The summed E-state index contributed by atoms with van der Waals surface area (Å²) in [6.07, 6.45) is 0.400. The molecule has 0 aliphatic rings. The van der Waals surface area contributed by atoms with Crippen LogP contribution in [0.4, 0.5) is 0 Å². The van der Waals surface area contributed by atoms with Crippen LogP contribution in [0.5, 0.6) is 0 Å². The molecule has 5 heteroatoms. The standard InChI is InChI=1S/C18H24O5/c1-4-18(14(3)19,17(21)22-5-2)12-11-16(20)23-13-15-9-7-6-8-10-15/h6-10H,4-5,11-13H2,1-3H3. The first-order valence-corrected chi connectivity index (χ1v) is 7.84. The Morgan fingerprint density at radius 1 is 1.04 bits per heavy atom. The van der Waals surface area contributed by atoms with E-state index in [0.717, 1.165) is 5.56 Å². The van der Waals surface area contributed by atoms with Gasteiger partial charge in [0.2, 0.25) is 0 Å². The van der Waals surface area contributed by atoms with Crippen LogP contribution in [-0.4, -0.2) is 24.3 Å². The Bertz CT molecular complexity index is 538. The summed E-state index contributed by atoms with van der Waals surface area (Å²) in [5.74, 6) is -1.28. The van der Waals surface area contributed by atoms with Gasteiger partial charge < -0.3 is 9.47 Å². The number of rotatable bonds is 9. The van der Waals surface area contributed by atoms with Crippen LogP contribution in [0.25, 0.3) is 0 Å². The van der Waals surface area contributed by atoms with Crippen molar-refractivity contribution < 1.29 is 23.9 Å². The molecule has 0 amide bonds. The van der Waals surface area contributed by atoms with E-state index in [1.165, 1.54) is 6.92 Å². The first kappa shape index (κ1) is 18.9. The third kappa shape index (κ3) is 5.20. The number of ether oxygens (including phenoxy) is 2. The summed E-state index contributed by atoms with van der Waals surface area (Å²) in [5.41, 5.74) is -0.374. The number of hydrogen-bond donors (Lipinski definition) is 0. The van der Waals surface area contributed by atoms with Gasteiger partial charge in [-0.15, -0.1) is 0 Å². The van der Waals surface area contributed by atoms with Gasteiger partial charge in [-0.1, -0.05) is 37.3 Å². The number of carbonyl (C=O) groups is 3. The lowest BCUT2D eigenvalue weighted by molar-refractivity contribution is -0.161. The van der Waals surface area contributed by atoms with Crippen LogP contribution in [0.3, 0.4) is 0 Å².